The highest BCUT2D eigenvalue weighted by Crippen LogP contribution is 2.30. The minimum atomic E-state index is -0.646. The van der Waals surface area contributed by atoms with Crippen LogP contribution >= 0.6 is 0 Å². The second-order valence-electron chi connectivity index (χ2n) is 6.68. The minimum Gasteiger partial charge on any atom is -0.490 e. The van der Waals surface area contributed by atoms with Crippen LogP contribution in [-0.2, 0) is 9.59 Å². The molecule has 0 aromatic heterocycles. The molecule has 4 N–H and O–H groups in total. The second kappa shape index (κ2) is 10.5. The number of carbonyl (C=O) groups excluding carboxylic acids is 3. The van der Waals surface area contributed by atoms with Crippen LogP contribution < -0.4 is 30.3 Å². The molecule has 0 bridgehead atoms. The van der Waals surface area contributed by atoms with E-state index >= 15 is 0 Å². The molecule has 1 aliphatic rings. The smallest absolute Gasteiger partial charge is 0.326 e. The number of carbonyl (C=O) groups is 3. The summed E-state index contributed by atoms with van der Waals surface area (Å²) in [4.78, 5) is 36.5. The topological polar surface area (TPSA) is 110 Å². The summed E-state index contributed by atoms with van der Waals surface area (Å²) in [6, 6.07) is 4.64. The lowest BCUT2D eigenvalue weighted by Gasteiger charge is -2.14. The van der Waals surface area contributed by atoms with Crippen LogP contribution in [0.4, 0.5) is 10.5 Å². The van der Waals surface area contributed by atoms with Crippen molar-refractivity contribution in [2.45, 2.75) is 32.7 Å². The predicted octanol–water partition coefficient (Wildman–Crippen LogP) is -0.0746. The molecule has 2 rings (SSSR count). The first-order chi connectivity index (χ1) is 13.4. The summed E-state index contributed by atoms with van der Waals surface area (Å²) < 4.78 is 11.0. The van der Waals surface area contributed by atoms with E-state index in [9.17, 15) is 14.4 Å². The Morgan fingerprint density at radius 1 is 1.04 bits per heavy atom. The number of nitrogens with one attached hydrogen (secondary N) is 4. The largest absolute Gasteiger partial charge is 0.490 e. The van der Waals surface area contributed by atoms with Crippen LogP contribution in [0.15, 0.2) is 18.2 Å². The number of anilines is 1. The van der Waals surface area contributed by atoms with Crippen molar-refractivity contribution in [2.75, 3.05) is 38.7 Å². The average Bonchev–Trinajstić information content (AvgIpc) is 3.40. The van der Waals surface area contributed by atoms with Crippen LogP contribution in [0.2, 0.25) is 0 Å². The number of hydrogen-bond acceptors (Lipinski definition) is 5. The maximum atomic E-state index is 12.1. The SMILES string of the molecule is CCOc1ccc(NC(=O)NC(=O)C[NH+](C)CC(=O)NC2CC2)cc1OCC. The summed E-state index contributed by atoms with van der Waals surface area (Å²) in [7, 11) is 1.73. The normalized spacial score (nSPS) is 14.0. The van der Waals surface area contributed by atoms with Crippen molar-refractivity contribution in [1.29, 1.82) is 0 Å². The van der Waals surface area contributed by atoms with Gasteiger partial charge in [-0.05, 0) is 38.8 Å². The summed E-state index contributed by atoms with van der Waals surface area (Å²) in [5.74, 6) is 0.542. The second-order valence-corrected chi connectivity index (χ2v) is 6.68. The Morgan fingerprint density at radius 2 is 1.68 bits per heavy atom. The van der Waals surface area contributed by atoms with E-state index in [1.807, 2.05) is 13.8 Å². The molecule has 0 spiro atoms. The average molecular weight is 393 g/mol. The number of benzene rings is 1. The van der Waals surface area contributed by atoms with Gasteiger partial charge in [0.15, 0.2) is 24.6 Å². The Balaban J connectivity index is 1.80. The Morgan fingerprint density at radius 3 is 2.32 bits per heavy atom. The molecule has 9 nitrogen and oxygen atoms in total. The van der Waals surface area contributed by atoms with Crippen molar-refractivity contribution < 1.29 is 28.8 Å². The van der Waals surface area contributed by atoms with Crippen molar-refractivity contribution in [3.05, 3.63) is 18.2 Å². The fourth-order valence-corrected chi connectivity index (χ4v) is 2.58. The van der Waals surface area contributed by atoms with Crippen molar-refractivity contribution >= 4 is 23.5 Å². The molecule has 1 aromatic carbocycles. The van der Waals surface area contributed by atoms with Gasteiger partial charge in [-0.25, -0.2) is 4.79 Å². The summed E-state index contributed by atoms with van der Waals surface area (Å²) in [5, 5.41) is 7.73. The highest BCUT2D eigenvalue weighted by atomic mass is 16.5. The minimum absolute atomic E-state index is 0.0129. The third-order valence-electron chi connectivity index (χ3n) is 3.92. The van der Waals surface area contributed by atoms with Gasteiger partial charge in [-0.3, -0.25) is 14.9 Å². The van der Waals surface area contributed by atoms with Gasteiger partial charge >= 0.3 is 6.03 Å². The van der Waals surface area contributed by atoms with Gasteiger partial charge in [0.1, 0.15) is 0 Å². The number of likely N-dealkylation sites (N-methyl/N-ethyl adjacent to an activating group) is 1. The maximum Gasteiger partial charge on any atom is 0.326 e. The number of rotatable bonds is 10. The number of urea groups is 1. The molecular formula is C19H29N4O5+. The van der Waals surface area contributed by atoms with E-state index in [1.54, 1.807) is 25.2 Å². The lowest BCUT2D eigenvalue weighted by Crippen LogP contribution is -3.11. The molecule has 1 unspecified atom stereocenters. The van der Waals surface area contributed by atoms with E-state index in [-0.39, 0.29) is 25.0 Å². The van der Waals surface area contributed by atoms with Crippen LogP contribution in [0.25, 0.3) is 0 Å². The number of quaternary nitrogens is 1. The molecule has 154 valence electrons. The van der Waals surface area contributed by atoms with Crippen LogP contribution in [0.5, 0.6) is 11.5 Å². The Kier molecular flexibility index (Phi) is 8.06. The molecule has 0 aliphatic heterocycles. The molecule has 4 amide bonds. The number of amides is 4. The zero-order chi connectivity index (χ0) is 20.5. The first-order valence-electron chi connectivity index (χ1n) is 9.52. The van der Waals surface area contributed by atoms with Crippen LogP contribution in [0.1, 0.15) is 26.7 Å². The Bertz CT molecular complexity index is 706. The van der Waals surface area contributed by atoms with E-state index in [2.05, 4.69) is 16.0 Å². The van der Waals surface area contributed by atoms with Crippen molar-refractivity contribution in [3.63, 3.8) is 0 Å². The molecule has 1 saturated carbocycles. The molecule has 0 heterocycles. The van der Waals surface area contributed by atoms with E-state index in [1.165, 1.54) is 0 Å². The van der Waals surface area contributed by atoms with Gasteiger partial charge in [0, 0.05) is 17.8 Å². The van der Waals surface area contributed by atoms with E-state index in [4.69, 9.17) is 9.47 Å². The van der Waals surface area contributed by atoms with E-state index < -0.39 is 11.9 Å². The quantitative estimate of drug-likeness (QED) is 0.445. The zero-order valence-corrected chi connectivity index (χ0v) is 16.6. The molecular weight excluding hydrogens is 364 g/mol. The Labute approximate surface area is 164 Å². The lowest BCUT2D eigenvalue weighted by atomic mass is 10.2. The van der Waals surface area contributed by atoms with Gasteiger partial charge in [0.2, 0.25) is 0 Å². The summed E-state index contributed by atoms with van der Waals surface area (Å²) in [5.41, 5.74) is 0.474. The van der Waals surface area contributed by atoms with Gasteiger partial charge < -0.3 is 25.0 Å². The lowest BCUT2D eigenvalue weighted by molar-refractivity contribution is -0.862. The van der Waals surface area contributed by atoms with E-state index in [0.29, 0.717) is 35.3 Å². The summed E-state index contributed by atoms with van der Waals surface area (Å²) >= 11 is 0. The molecule has 1 atom stereocenters. The highest BCUT2D eigenvalue weighted by Gasteiger charge is 2.25. The van der Waals surface area contributed by atoms with Crippen LogP contribution in [-0.4, -0.2) is 57.2 Å². The maximum absolute atomic E-state index is 12.1. The molecule has 0 saturated heterocycles. The number of ether oxygens (including phenoxy) is 2. The molecule has 1 aliphatic carbocycles. The first kappa shape index (κ1) is 21.5. The van der Waals surface area contributed by atoms with Crippen molar-refractivity contribution in [1.82, 2.24) is 10.6 Å². The standard InChI is InChI=1S/C19H28N4O5/c1-4-27-15-9-8-14(10-16(15)28-5-2)21-19(26)22-18(25)12-23(3)11-17(24)20-13-6-7-13/h8-10,13H,4-7,11-12H2,1-3H3,(H,20,24)(H2,21,22,25,26)/p+1. The third-order valence-corrected chi connectivity index (χ3v) is 3.92. The Hall–Kier alpha value is -2.81. The molecule has 1 fully saturated rings. The monoisotopic (exact) mass is 393 g/mol. The van der Waals surface area contributed by atoms with Crippen LogP contribution in [0.3, 0.4) is 0 Å². The van der Waals surface area contributed by atoms with Crippen LogP contribution in [0, 0.1) is 0 Å². The number of hydrogen-bond donors (Lipinski definition) is 4. The van der Waals surface area contributed by atoms with Gasteiger partial charge in [-0.1, -0.05) is 0 Å². The fraction of sp³-hybridized carbons (Fsp3) is 0.526. The molecule has 0 radical (unpaired) electrons. The van der Waals surface area contributed by atoms with Crippen molar-refractivity contribution in [2.24, 2.45) is 0 Å². The summed E-state index contributed by atoms with van der Waals surface area (Å²) in [6.07, 6.45) is 2.03. The zero-order valence-electron chi connectivity index (χ0n) is 16.6. The summed E-state index contributed by atoms with van der Waals surface area (Å²) in [6.45, 7) is 4.87. The highest BCUT2D eigenvalue weighted by molar-refractivity contribution is 6.01. The predicted molar refractivity (Wildman–Crippen MR) is 104 cm³/mol. The van der Waals surface area contributed by atoms with Gasteiger partial charge in [0.25, 0.3) is 11.8 Å². The first-order valence-corrected chi connectivity index (χ1v) is 9.52. The number of imide groups is 1. The molecule has 1 aromatic rings. The van der Waals surface area contributed by atoms with Gasteiger partial charge in [-0.15, -0.1) is 0 Å². The molecule has 28 heavy (non-hydrogen) atoms. The third kappa shape index (κ3) is 7.43. The van der Waals surface area contributed by atoms with Crippen molar-refractivity contribution in [3.8, 4) is 11.5 Å². The van der Waals surface area contributed by atoms with Gasteiger partial charge in [-0.2, -0.15) is 0 Å². The van der Waals surface area contributed by atoms with Gasteiger partial charge in [0.05, 0.1) is 20.3 Å². The van der Waals surface area contributed by atoms with E-state index in [0.717, 1.165) is 12.8 Å². The fourth-order valence-electron chi connectivity index (χ4n) is 2.58. The molecule has 9 heteroatoms.